The highest BCUT2D eigenvalue weighted by atomic mass is 16.3. The fraction of sp³-hybridized carbons (Fsp3) is 0.750. The first kappa shape index (κ1) is 10.3. The number of aliphatic hydroxyl groups is 1. The minimum Gasteiger partial charge on any atom is -0.510 e. The van der Waals surface area contributed by atoms with Crippen LogP contribution in [0.15, 0.2) is 12.0 Å². The molecule has 3 heteroatoms. The quantitative estimate of drug-likeness (QED) is 0.534. The van der Waals surface area contributed by atoms with E-state index in [-0.39, 0.29) is 5.92 Å². The van der Waals surface area contributed by atoms with E-state index >= 15 is 0 Å². The summed E-state index contributed by atoms with van der Waals surface area (Å²) >= 11 is 0. The average molecular weight is 158 g/mol. The van der Waals surface area contributed by atoms with Gasteiger partial charge in [-0.3, -0.25) is 0 Å². The summed E-state index contributed by atoms with van der Waals surface area (Å²) in [6.07, 6.45) is 1.61. The summed E-state index contributed by atoms with van der Waals surface area (Å²) in [5.41, 5.74) is 5.35. The Morgan fingerprint density at radius 3 is 2.45 bits per heavy atom. The van der Waals surface area contributed by atoms with Gasteiger partial charge in [0, 0.05) is 24.7 Å². The summed E-state index contributed by atoms with van der Waals surface area (Å²) < 4.78 is 0. The highest BCUT2D eigenvalue weighted by molar-refractivity contribution is 4.94. The first-order chi connectivity index (χ1) is 5.07. The minimum absolute atomic E-state index is 0.0428. The lowest BCUT2D eigenvalue weighted by atomic mass is 10.1. The summed E-state index contributed by atoms with van der Waals surface area (Å²) in [4.78, 5) is 0. The minimum atomic E-state index is 0.0428. The molecule has 0 amide bonds. The van der Waals surface area contributed by atoms with Gasteiger partial charge in [-0.25, -0.2) is 0 Å². The van der Waals surface area contributed by atoms with Gasteiger partial charge >= 0.3 is 0 Å². The first-order valence-corrected chi connectivity index (χ1v) is 3.93. The summed E-state index contributed by atoms with van der Waals surface area (Å²) in [7, 11) is 0. The van der Waals surface area contributed by atoms with E-state index in [9.17, 15) is 5.11 Å². The molecular weight excluding hydrogens is 140 g/mol. The molecule has 0 spiro atoms. The van der Waals surface area contributed by atoms with Gasteiger partial charge in [0.2, 0.25) is 0 Å². The lowest BCUT2D eigenvalue weighted by molar-refractivity contribution is 0.338. The maximum absolute atomic E-state index is 9.29. The molecular formula is C8H18N2O. The van der Waals surface area contributed by atoms with Gasteiger partial charge in [0.1, 0.15) is 5.76 Å². The highest BCUT2D eigenvalue weighted by Gasteiger charge is 2.03. The second-order valence-corrected chi connectivity index (χ2v) is 3.03. The molecule has 0 radical (unpaired) electrons. The van der Waals surface area contributed by atoms with E-state index in [2.05, 4.69) is 5.32 Å². The summed E-state index contributed by atoms with van der Waals surface area (Å²) in [5.74, 6) is 0.363. The molecule has 0 heterocycles. The van der Waals surface area contributed by atoms with Crippen LogP contribution < -0.4 is 11.1 Å². The van der Waals surface area contributed by atoms with E-state index in [1.54, 1.807) is 6.20 Å². The van der Waals surface area contributed by atoms with Crippen LogP contribution in [-0.2, 0) is 0 Å². The smallest absolute Gasteiger partial charge is 0.112 e. The molecule has 0 aliphatic carbocycles. The van der Waals surface area contributed by atoms with E-state index in [1.165, 1.54) is 0 Å². The molecule has 3 nitrogen and oxygen atoms in total. The number of nitrogens with one attached hydrogen (secondary N) is 1. The molecule has 4 N–H and O–H groups in total. The Labute approximate surface area is 68.3 Å². The highest BCUT2D eigenvalue weighted by Crippen LogP contribution is 2.02. The molecule has 0 bridgehead atoms. The maximum Gasteiger partial charge on any atom is 0.112 e. The molecule has 0 aliphatic heterocycles. The van der Waals surface area contributed by atoms with Crippen LogP contribution in [0.1, 0.15) is 20.8 Å². The Balaban J connectivity index is 3.79. The maximum atomic E-state index is 9.29. The van der Waals surface area contributed by atoms with Crippen molar-refractivity contribution in [3.63, 3.8) is 0 Å². The van der Waals surface area contributed by atoms with E-state index in [1.807, 2.05) is 20.8 Å². The summed E-state index contributed by atoms with van der Waals surface area (Å²) in [5, 5.41) is 12.3. The molecule has 1 unspecified atom stereocenters. The van der Waals surface area contributed by atoms with Crippen molar-refractivity contribution in [1.82, 2.24) is 5.32 Å². The molecule has 0 aromatic carbocycles. The lowest BCUT2D eigenvalue weighted by Crippen LogP contribution is -2.20. The molecule has 0 saturated heterocycles. The van der Waals surface area contributed by atoms with Crippen molar-refractivity contribution in [2.24, 2.45) is 11.7 Å². The molecule has 0 saturated carbocycles. The molecule has 0 aliphatic rings. The standard InChI is InChI=1S/C8H18N2O/c1-6(2)10-5-8(11)7(3)4-9/h5-7,10-11H,4,9H2,1-3H3/b8-5-. The van der Waals surface area contributed by atoms with Gasteiger partial charge < -0.3 is 16.2 Å². The van der Waals surface area contributed by atoms with Gasteiger partial charge in [0.15, 0.2) is 0 Å². The number of aliphatic hydroxyl groups excluding tert-OH is 1. The van der Waals surface area contributed by atoms with Crippen molar-refractivity contribution in [2.45, 2.75) is 26.8 Å². The second-order valence-electron chi connectivity index (χ2n) is 3.03. The zero-order valence-electron chi connectivity index (χ0n) is 7.46. The SMILES string of the molecule is CC(C)N/C=C(\O)C(C)CN. The Kier molecular flexibility index (Phi) is 4.70. The van der Waals surface area contributed by atoms with Crippen LogP contribution in [0.25, 0.3) is 0 Å². The number of hydrogen-bond donors (Lipinski definition) is 3. The van der Waals surface area contributed by atoms with Crippen molar-refractivity contribution in [3.8, 4) is 0 Å². The largest absolute Gasteiger partial charge is 0.510 e. The molecule has 0 fully saturated rings. The Morgan fingerprint density at radius 1 is 1.55 bits per heavy atom. The molecule has 1 atom stereocenters. The zero-order chi connectivity index (χ0) is 8.85. The van der Waals surface area contributed by atoms with Crippen LogP contribution in [-0.4, -0.2) is 17.7 Å². The van der Waals surface area contributed by atoms with Gasteiger partial charge in [-0.2, -0.15) is 0 Å². The van der Waals surface area contributed by atoms with Gasteiger partial charge in [-0.1, -0.05) is 6.92 Å². The Hall–Kier alpha value is -0.700. The van der Waals surface area contributed by atoms with Crippen molar-refractivity contribution in [3.05, 3.63) is 12.0 Å². The second kappa shape index (κ2) is 5.02. The van der Waals surface area contributed by atoms with E-state index < -0.39 is 0 Å². The fourth-order valence-electron chi connectivity index (χ4n) is 0.515. The Bertz CT molecular complexity index is 132. The molecule has 0 aromatic rings. The monoisotopic (exact) mass is 158 g/mol. The number of hydrogen-bond acceptors (Lipinski definition) is 3. The third kappa shape index (κ3) is 4.67. The Morgan fingerprint density at radius 2 is 2.09 bits per heavy atom. The van der Waals surface area contributed by atoms with Crippen molar-refractivity contribution in [2.75, 3.05) is 6.54 Å². The van der Waals surface area contributed by atoms with Gasteiger partial charge in [0.25, 0.3) is 0 Å². The number of rotatable bonds is 4. The predicted molar refractivity (Wildman–Crippen MR) is 47.2 cm³/mol. The molecule has 11 heavy (non-hydrogen) atoms. The van der Waals surface area contributed by atoms with Crippen LogP contribution in [0.4, 0.5) is 0 Å². The van der Waals surface area contributed by atoms with Crippen molar-refractivity contribution in [1.29, 1.82) is 0 Å². The normalized spacial score (nSPS) is 15.2. The van der Waals surface area contributed by atoms with Gasteiger partial charge in [-0.05, 0) is 13.8 Å². The summed E-state index contributed by atoms with van der Waals surface area (Å²) in [6, 6.07) is 0.349. The van der Waals surface area contributed by atoms with Crippen molar-refractivity contribution < 1.29 is 5.11 Å². The predicted octanol–water partition coefficient (Wildman–Crippen LogP) is 0.979. The fourth-order valence-corrected chi connectivity index (χ4v) is 0.515. The molecule has 66 valence electrons. The van der Waals surface area contributed by atoms with Crippen LogP contribution in [0, 0.1) is 5.92 Å². The topological polar surface area (TPSA) is 58.3 Å². The zero-order valence-corrected chi connectivity index (χ0v) is 7.46. The first-order valence-electron chi connectivity index (χ1n) is 3.93. The van der Waals surface area contributed by atoms with Crippen LogP contribution in [0.2, 0.25) is 0 Å². The third-order valence-electron chi connectivity index (χ3n) is 1.42. The molecule has 0 rings (SSSR count). The van der Waals surface area contributed by atoms with Gasteiger partial charge in [-0.15, -0.1) is 0 Å². The van der Waals surface area contributed by atoms with E-state index in [0.29, 0.717) is 18.3 Å². The third-order valence-corrected chi connectivity index (χ3v) is 1.42. The van der Waals surface area contributed by atoms with E-state index in [0.717, 1.165) is 0 Å². The van der Waals surface area contributed by atoms with Crippen LogP contribution >= 0.6 is 0 Å². The van der Waals surface area contributed by atoms with Crippen molar-refractivity contribution >= 4 is 0 Å². The molecule has 0 aromatic heterocycles. The average Bonchev–Trinajstić information content (AvgIpc) is 1.98. The van der Waals surface area contributed by atoms with Crippen LogP contribution in [0.5, 0.6) is 0 Å². The van der Waals surface area contributed by atoms with Crippen LogP contribution in [0.3, 0.4) is 0 Å². The number of nitrogens with two attached hydrogens (primary N) is 1. The lowest BCUT2D eigenvalue weighted by Gasteiger charge is -2.09. The summed E-state index contributed by atoms with van der Waals surface area (Å²) in [6.45, 7) is 6.38. The van der Waals surface area contributed by atoms with Gasteiger partial charge in [0.05, 0.1) is 0 Å². The van der Waals surface area contributed by atoms with E-state index in [4.69, 9.17) is 5.73 Å².